The molecule has 14 heavy (non-hydrogen) atoms. The zero-order valence-corrected chi connectivity index (χ0v) is 8.23. The molecule has 0 aliphatic carbocycles. The van der Waals surface area contributed by atoms with Gasteiger partial charge in [0, 0.05) is 26.6 Å². The molecule has 0 saturated carbocycles. The van der Waals surface area contributed by atoms with Crippen molar-refractivity contribution in [3.05, 3.63) is 5.82 Å². The molecule has 1 aliphatic rings. The van der Waals surface area contributed by atoms with E-state index in [0.717, 1.165) is 31.9 Å². The minimum Gasteiger partial charge on any atom is -0.375 e. The summed E-state index contributed by atoms with van der Waals surface area (Å²) in [6.07, 6.45) is 0.892. The molecule has 0 amide bonds. The van der Waals surface area contributed by atoms with Gasteiger partial charge in [0.05, 0.1) is 12.7 Å². The van der Waals surface area contributed by atoms with E-state index < -0.39 is 0 Å². The van der Waals surface area contributed by atoms with Gasteiger partial charge in [-0.3, -0.25) is 0 Å². The summed E-state index contributed by atoms with van der Waals surface area (Å²) >= 11 is 0. The summed E-state index contributed by atoms with van der Waals surface area (Å²) in [6.45, 7) is 2.54. The largest absolute Gasteiger partial charge is 0.375 e. The lowest BCUT2D eigenvalue weighted by Crippen LogP contribution is -2.39. The first-order valence-electron chi connectivity index (χ1n) is 4.73. The molecule has 6 heteroatoms. The second kappa shape index (κ2) is 3.93. The number of anilines is 1. The van der Waals surface area contributed by atoms with E-state index in [1.807, 2.05) is 0 Å². The Bertz CT molecular complexity index is 285. The second-order valence-corrected chi connectivity index (χ2v) is 3.41. The number of hydrogen-bond donors (Lipinski definition) is 2. The summed E-state index contributed by atoms with van der Waals surface area (Å²) in [7, 11) is 1.78. The number of rotatable bonds is 2. The zero-order valence-electron chi connectivity index (χ0n) is 8.23. The molecule has 6 nitrogen and oxygen atoms in total. The maximum atomic E-state index is 5.58. The molecule has 1 fully saturated rings. The molecule has 1 aromatic heterocycles. The topological polar surface area (TPSA) is 78.0 Å². The first-order valence-corrected chi connectivity index (χ1v) is 4.73. The number of nitrogens with two attached hydrogens (primary N) is 1. The Kier molecular flexibility index (Phi) is 2.64. The van der Waals surface area contributed by atoms with Crippen molar-refractivity contribution in [2.24, 2.45) is 7.05 Å². The van der Waals surface area contributed by atoms with E-state index in [1.54, 1.807) is 11.7 Å². The number of nitrogens with one attached hydrogen (secondary N) is 1. The van der Waals surface area contributed by atoms with Gasteiger partial charge in [0.25, 0.3) is 0 Å². The van der Waals surface area contributed by atoms with Gasteiger partial charge in [0.2, 0.25) is 5.95 Å². The van der Waals surface area contributed by atoms with Crippen molar-refractivity contribution in [1.29, 1.82) is 0 Å². The van der Waals surface area contributed by atoms with Gasteiger partial charge in [-0.25, -0.2) is 4.68 Å². The van der Waals surface area contributed by atoms with E-state index in [9.17, 15) is 0 Å². The van der Waals surface area contributed by atoms with Crippen LogP contribution in [0.2, 0.25) is 0 Å². The minimum absolute atomic E-state index is 0.172. The number of morpholine rings is 1. The van der Waals surface area contributed by atoms with Crippen LogP contribution in [0.3, 0.4) is 0 Å². The summed E-state index contributed by atoms with van der Waals surface area (Å²) in [4.78, 5) is 4.13. The Balaban J connectivity index is 1.95. The van der Waals surface area contributed by atoms with Crippen LogP contribution in [0.15, 0.2) is 0 Å². The molecule has 78 valence electrons. The van der Waals surface area contributed by atoms with Crippen molar-refractivity contribution in [3.63, 3.8) is 0 Å². The summed E-state index contributed by atoms with van der Waals surface area (Å²) in [5.41, 5.74) is 5.58. The van der Waals surface area contributed by atoms with Gasteiger partial charge in [-0.05, 0) is 0 Å². The summed E-state index contributed by atoms with van der Waals surface area (Å²) in [5, 5.41) is 7.43. The third kappa shape index (κ3) is 2.02. The first kappa shape index (κ1) is 9.42. The van der Waals surface area contributed by atoms with E-state index in [1.165, 1.54) is 0 Å². The molecular weight excluding hydrogens is 182 g/mol. The van der Waals surface area contributed by atoms with E-state index >= 15 is 0 Å². The lowest BCUT2D eigenvalue weighted by molar-refractivity contribution is 0.0280. The van der Waals surface area contributed by atoms with Gasteiger partial charge < -0.3 is 15.8 Å². The van der Waals surface area contributed by atoms with Crippen LogP contribution in [-0.2, 0) is 18.2 Å². The van der Waals surface area contributed by atoms with Crippen LogP contribution in [0.4, 0.5) is 5.95 Å². The Morgan fingerprint density at radius 3 is 3.14 bits per heavy atom. The molecule has 1 unspecified atom stereocenters. The van der Waals surface area contributed by atoms with Gasteiger partial charge in [0.1, 0.15) is 0 Å². The molecule has 2 heterocycles. The maximum absolute atomic E-state index is 5.58. The minimum atomic E-state index is 0.172. The van der Waals surface area contributed by atoms with Crippen LogP contribution >= 0.6 is 0 Å². The lowest BCUT2D eigenvalue weighted by Gasteiger charge is -2.22. The highest BCUT2D eigenvalue weighted by Gasteiger charge is 2.16. The Morgan fingerprint density at radius 1 is 1.71 bits per heavy atom. The van der Waals surface area contributed by atoms with Crippen LogP contribution < -0.4 is 11.1 Å². The van der Waals surface area contributed by atoms with Crippen molar-refractivity contribution in [2.45, 2.75) is 12.5 Å². The molecule has 1 atom stereocenters. The maximum Gasteiger partial charge on any atom is 0.218 e. The molecule has 0 spiro atoms. The molecule has 0 radical (unpaired) electrons. The molecule has 3 N–H and O–H groups in total. The van der Waals surface area contributed by atoms with Gasteiger partial charge in [-0.2, -0.15) is 10.1 Å². The summed E-state index contributed by atoms with van der Waals surface area (Å²) < 4.78 is 7.11. The van der Waals surface area contributed by atoms with Gasteiger partial charge >= 0.3 is 0 Å². The molecule has 1 aromatic rings. The van der Waals surface area contributed by atoms with Gasteiger partial charge in [-0.1, -0.05) is 0 Å². The van der Waals surface area contributed by atoms with Crippen LogP contribution in [0.1, 0.15) is 5.82 Å². The quantitative estimate of drug-likeness (QED) is 0.631. The molecule has 2 rings (SSSR count). The fourth-order valence-corrected chi connectivity index (χ4v) is 1.49. The second-order valence-electron chi connectivity index (χ2n) is 3.41. The Hall–Kier alpha value is -1.14. The van der Waals surface area contributed by atoms with Crippen molar-refractivity contribution < 1.29 is 4.74 Å². The monoisotopic (exact) mass is 197 g/mol. The third-order valence-electron chi connectivity index (χ3n) is 2.26. The number of aromatic nitrogens is 3. The number of nitrogens with zero attached hydrogens (tertiary/aromatic N) is 3. The summed E-state index contributed by atoms with van der Waals surface area (Å²) in [5.74, 6) is 1.20. The SMILES string of the molecule is Cn1nc(CC2CNCCO2)nc1N. The average molecular weight is 197 g/mol. The third-order valence-corrected chi connectivity index (χ3v) is 2.26. The predicted molar refractivity (Wildman–Crippen MR) is 51.7 cm³/mol. The molecule has 1 aliphatic heterocycles. The normalized spacial score (nSPS) is 22.5. The highest BCUT2D eigenvalue weighted by atomic mass is 16.5. The van der Waals surface area contributed by atoms with E-state index in [-0.39, 0.29) is 6.10 Å². The lowest BCUT2D eigenvalue weighted by atomic mass is 10.2. The van der Waals surface area contributed by atoms with Crippen LogP contribution in [-0.4, -0.2) is 40.6 Å². The smallest absolute Gasteiger partial charge is 0.218 e. The zero-order chi connectivity index (χ0) is 9.97. The molecule has 0 aromatic carbocycles. The molecule has 0 bridgehead atoms. The fourth-order valence-electron chi connectivity index (χ4n) is 1.49. The van der Waals surface area contributed by atoms with E-state index in [2.05, 4.69) is 15.4 Å². The molecular formula is C8H15N5O. The van der Waals surface area contributed by atoms with Gasteiger partial charge in [0.15, 0.2) is 5.82 Å². The number of hydrogen-bond acceptors (Lipinski definition) is 5. The van der Waals surface area contributed by atoms with E-state index in [4.69, 9.17) is 10.5 Å². The fraction of sp³-hybridized carbons (Fsp3) is 0.750. The predicted octanol–water partition coefficient (Wildman–Crippen LogP) is -1.07. The standard InChI is InChI=1S/C8H15N5O/c1-13-8(9)11-7(12-13)4-6-5-10-2-3-14-6/h6,10H,2-5H2,1H3,(H2,9,11,12). The van der Waals surface area contributed by atoms with Crippen molar-refractivity contribution in [3.8, 4) is 0 Å². The van der Waals surface area contributed by atoms with Crippen molar-refractivity contribution in [2.75, 3.05) is 25.4 Å². The van der Waals surface area contributed by atoms with Crippen LogP contribution in [0.25, 0.3) is 0 Å². The highest BCUT2D eigenvalue weighted by Crippen LogP contribution is 2.05. The number of nitrogen functional groups attached to an aromatic ring is 1. The Labute approximate surface area is 82.4 Å². The van der Waals surface area contributed by atoms with Gasteiger partial charge in [-0.15, -0.1) is 0 Å². The average Bonchev–Trinajstić information content (AvgIpc) is 2.47. The van der Waals surface area contributed by atoms with Crippen molar-refractivity contribution >= 4 is 5.95 Å². The van der Waals surface area contributed by atoms with Crippen LogP contribution in [0.5, 0.6) is 0 Å². The molecule has 1 saturated heterocycles. The Morgan fingerprint density at radius 2 is 2.57 bits per heavy atom. The summed E-state index contributed by atoms with van der Waals surface area (Å²) in [6, 6.07) is 0. The highest BCUT2D eigenvalue weighted by molar-refractivity contribution is 5.15. The van der Waals surface area contributed by atoms with E-state index in [0.29, 0.717) is 5.95 Å². The first-order chi connectivity index (χ1) is 6.75. The van der Waals surface area contributed by atoms with Crippen LogP contribution in [0, 0.1) is 0 Å². The number of aryl methyl sites for hydroxylation is 1. The van der Waals surface area contributed by atoms with Crippen molar-refractivity contribution in [1.82, 2.24) is 20.1 Å². The number of ether oxygens (including phenoxy) is 1.